The molecule has 0 atom stereocenters. The maximum Gasteiger partial charge on any atom is 0.417 e. The molecule has 0 aliphatic rings. The first-order valence-electron chi connectivity index (χ1n) is 5.53. The lowest BCUT2D eigenvalue weighted by atomic mass is 10.2. The van der Waals surface area contributed by atoms with Crippen molar-refractivity contribution >= 4 is 23.6 Å². The first-order chi connectivity index (χ1) is 9.47. The number of aromatic nitrogens is 1. The Morgan fingerprint density at radius 3 is 2.50 bits per heavy atom. The Kier molecular flexibility index (Phi) is 4.24. The van der Waals surface area contributed by atoms with Crippen molar-refractivity contribution in [2.45, 2.75) is 6.18 Å². The van der Waals surface area contributed by atoms with Gasteiger partial charge < -0.3 is 0 Å². The van der Waals surface area contributed by atoms with E-state index in [4.69, 9.17) is 11.6 Å². The van der Waals surface area contributed by atoms with Gasteiger partial charge >= 0.3 is 6.18 Å². The Morgan fingerprint density at radius 1 is 1.15 bits per heavy atom. The predicted octanol–water partition coefficient (Wildman–Crippen LogP) is 4.20. The van der Waals surface area contributed by atoms with Gasteiger partial charge in [-0.2, -0.15) is 18.3 Å². The summed E-state index contributed by atoms with van der Waals surface area (Å²) in [5.41, 5.74) is 2.41. The van der Waals surface area contributed by atoms with Gasteiger partial charge in [-0.25, -0.2) is 4.98 Å². The third-order valence-corrected chi connectivity index (χ3v) is 2.72. The number of alkyl halides is 3. The first kappa shape index (κ1) is 14.3. The summed E-state index contributed by atoms with van der Waals surface area (Å²) >= 11 is 5.92. The molecule has 0 aliphatic heterocycles. The van der Waals surface area contributed by atoms with Gasteiger partial charge in [-0.1, -0.05) is 29.8 Å². The van der Waals surface area contributed by atoms with Crippen LogP contribution in [0.1, 0.15) is 11.1 Å². The van der Waals surface area contributed by atoms with E-state index in [2.05, 4.69) is 15.5 Å². The van der Waals surface area contributed by atoms with E-state index in [0.29, 0.717) is 10.6 Å². The average molecular weight is 300 g/mol. The molecule has 0 aliphatic carbocycles. The van der Waals surface area contributed by atoms with Crippen LogP contribution >= 0.6 is 11.6 Å². The molecule has 1 aromatic carbocycles. The third kappa shape index (κ3) is 3.71. The summed E-state index contributed by atoms with van der Waals surface area (Å²) < 4.78 is 37.0. The third-order valence-electron chi connectivity index (χ3n) is 2.38. The number of anilines is 1. The van der Waals surface area contributed by atoms with Crippen LogP contribution in [-0.4, -0.2) is 11.2 Å². The minimum absolute atomic E-state index is 0.210. The van der Waals surface area contributed by atoms with Gasteiger partial charge in [0.2, 0.25) is 0 Å². The molecule has 0 amide bonds. The van der Waals surface area contributed by atoms with Gasteiger partial charge in [-0.15, -0.1) is 0 Å². The van der Waals surface area contributed by atoms with Gasteiger partial charge in [0.05, 0.1) is 11.8 Å². The molecule has 1 heterocycles. The number of hydrazone groups is 1. The number of benzene rings is 1. The van der Waals surface area contributed by atoms with E-state index in [9.17, 15) is 13.2 Å². The van der Waals surface area contributed by atoms with Crippen LogP contribution in [0.15, 0.2) is 47.7 Å². The topological polar surface area (TPSA) is 37.3 Å². The SMILES string of the molecule is FC(F)(F)c1ccc(N/N=C/c2ccccc2Cl)nc1. The highest BCUT2D eigenvalue weighted by atomic mass is 35.5. The highest BCUT2D eigenvalue weighted by molar-refractivity contribution is 6.33. The molecule has 1 N–H and O–H groups in total. The Morgan fingerprint density at radius 2 is 1.90 bits per heavy atom. The fraction of sp³-hybridized carbons (Fsp3) is 0.0769. The maximum absolute atomic E-state index is 12.3. The number of nitrogens with one attached hydrogen (secondary N) is 1. The zero-order valence-electron chi connectivity index (χ0n) is 10.0. The number of pyridine rings is 1. The molecule has 104 valence electrons. The molecule has 1 aromatic heterocycles. The van der Waals surface area contributed by atoms with Crippen LogP contribution in [0.25, 0.3) is 0 Å². The van der Waals surface area contributed by atoms with Crippen molar-refractivity contribution in [3.05, 3.63) is 58.7 Å². The van der Waals surface area contributed by atoms with Crippen molar-refractivity contribution in [2.24, 2.45) is 5.10 Å². The van der Waals surface area contributed by atoms with E-state index in [1.54, 1.807) is 24.3 Å². The molecule has 20 heavy (non-hydrogen) atoms. The Bertz CT molecular complexity index is 609. The molecule has 2 aromatic rings. The normalized spacial score (nSPS) is 11.8. The molecule has 7 heteroatoms. The predicted molar refractivity (Wildman–Crippen MR) is 71.9 cm³/mol. The first-order valence-corrected chi connectivity index (χ1v) is 5.91. The van der Waals surface area contributed by atoms with Gasteiger partial charge in [-0.05, 0) is 18.2 Å². The quantitative estimate of drug-likeness (QED) is 0.681. The molecule has 0 radical (unpaired) electrons. The average Bonchev–Trinajstić information content (AvgIpc) is 2.40. The van der Waals surface area contributed by atoms with Crippen LogP contribution in [-0.2, 0) is 6.18 Å². The van der Waals surface area contributed by atoms with Crippen molar-refractivity contribution < 1.29 is 13.2 Å². The van der Waals surface area contributed by atoms with Crippen LogP contribution in [0, 0.1) is 0 Å². The van der Waals surface area contributed by atoms with Gasteiger partial charge in [0.1, 0.15) is 5.82 Å². The van der Waals surface area contributed by atoms with E-state index in [-0.39, 0.29) is 5.82 Å². The molecule has 0 saturated heterocycles. The molecule has 0 spiro atoms. The summed E-state index contributed by atoms with van der Waals surface area (Å²) in [6.45, 7) is 0. The molecule has 0 fully saturated rings. The zero-order chi connectivity index (χ0) is 14.6. The van der Waals surface area contributed by atoms with E-state index >= 15 is 0 Å². The van der Waals surface area contributed by atoms with Crippen molar-refractivity contribution in [3.8, 4) is 0 Å². The Balaban J connectivity index is 2.03. The summed E-state index contributed by atoms with van der Waals surface area (Å²) in [7, 11) is 0. The fourth-order valence-corrected chi connectivity index (χ4v) is 1.56. The molecule has 0 unspecified atom stereocenters. The molecule has 3 nitrogen and oxygen atoms in total. The van der Waals surface area contributed by atoms with Gasteiger partial charge in [-0.3, -0.25) is 5.43 Å². The molecule has 2 rings (SSSR count). The lowest BCUT2D eigenvalue weighted by molar-refractivity contribution is -0.137. The molecule has 0 saturated carbocycles. The minimum Gasteiger partial charge on any atom is -0.261 e. The standard InChI is InChI=1S/C13H9ClF3N3/c14-11-4-2-1-3-9(11)7-19-20-12-6-5-10(8-18-12)13(15,16)17/h1-8H,(H,18,20)/b19-7+. The Hall–Kier alpha value is -2.08. The van der Waals surface area contributed by atoms with Crippen molar-refractivity contribution in [1.82, 2.24) is 4.98 Å². The number of rotatable bonds is 3. The van der Waals surface area contributed by atoms with Gasteiger partial charge in [0, 0.05) is 16.8 Å². The molecular formula is C13H9ClF3N3. The second kappa shape index (κ2) is 5.92. The fourth-order valence-electron chi connectivity index (χ4n) is 1.38. The smallest absolute Gasteiger partial charge is 0.261 e. The number of nitrogens with zero attached hydrogens (tertiary/aromatic N) is 2. The molecule has 0 bridgehead atoms. The van der Waals surface area contributed by atoms with Gasteiger partial charge in [0.25, 0.3) is 0 Å². The van der Waals surface area contributed by atoms with Crippen LogP contribution in [0.4, 0.5) is 19.0 Å². The highest BCUT2D eigenvalue weighted by Crippen LogP contribution is 2.28. The second-order valence-electron chi connectivity index (χ2n) is 3.82. The monoisotopic (exact) mass is 299 g/mol. The lowest BCUT2D eigenvalue weighted by Crippen LogP contribution is -2.05. The van der Waals surface area contributed by atoms with Crippen molar-refractivity contribution in [2.75, 3.05) is 5.43 Å². The van der Waals surface area contributed by atoms with Crippen LogP contribution in [0.2, 0.25) is 5.02 Å². The molecular weight excluding hydrogens is 291 g/mol. The summed E-state index contributed by atoms with van der Waals surface area (Å²) in [6.07, 6.45) is -2.19. The summed E-state index contributed by atoms with van der Waals surface area (Å²) in [4.78, 5) is 3.62. The highest BCUT2D eigenvalue weighted by Gasteiger charge is 2.30. The zero-order valence-corrected chi connectivity index (χ0v) is 10.8. The maximum atomic E-state index is 12.3. The number of hydrogen-bond donors (Lipinski definition) is 1. The second-order valence-corrected chi connectivity index (χ2v) is 4.23. The van der Waals surface area contributed by atoms with Crippen LogP contribution < -0.4 is 5.43 Å². The largest absolute Gasteiger partial charge is 0.417 e. The van der Waals surface area contributed by atoms with Crippen molar-refractivity contribution in [1.29, 1.82) is 0 Å². The summed E-state index contributed by atoms with van der Waals surface area (Å²) in [5.74, 6) is 0.210. The van der Waals surface area contributed by atoms with E-state index in [1.807, 2.05) is 0 Å². The minimum atomic E-state index is -4.40. The number of halogens is 4. The van der Waals surface area contributed by atoms with Gasteiger partial charge in [0.15, 0.2) is 0 Å². The van der Waals surface area contributed by atoms with Crippen molar-refractivity contribution in [3.63, 3.8) is 0 Å². The lowest BCUT2D eigenvalue weighted by Gasteiger charge is -2.06. The van der Waals surface area contributed by atoms with Crippen LogP contribution in [0.3, 0.4) is 0 Å². The summed E-state index contributed by atoms with van der Waals surface area (Å²) in [6, 6.07) is 9.17. The van der Waals surface area contributed by atoms with E-state index in [0.717, 1.165) is 12.3 Å². The van der Waals surface area contributed by atoms with E-state index in [1.165, 1.54) is 12.3 Å². The van der Waals surface area contributed by atoms with E-state index < -0.39 is 11.7 Å². The Labute approximate surface area is 118 Å². The van der Waals surface area contributed by atoms with Crippen LogP contribution in [0.5, 0.6) is 0 Å². The summed E-state index contributed by atoms with van der Waals surface area (Å²) in [5, 5.41) is 4.39. The number of hydrogen-bond acceptors (Lipinski definition) is 3.